The van der Waals surface area contributed by atoms with E-state index in [2.05, 4.69) is 11.3 Å². The van der Waals surface area contributed by atoms with Crippen LogP contribution in [0.1, 0.15) is 10.4 Å². The van der Waals surface area contributed by atoms with E-state index in [4.69, 9.17) is 0 Å². The zero-order chi connectivity index (χ0) is 13.0. The van der Waals surface area contributed by atoms with Gasteiger partial charge in [0.1, 0.15) is 18.0 Å². The van der Waals surface area contributed by atoms with E-state index in [-0.39, 0.29) is 6.61 Å². The largest absolute Gasteiger partial charge is 0.458 e. The van der Waals surface area contributed by atoms with Crippen molar-refractivity contribution in [2.45, 2.75) is 0 Å². The molecule has 0 spiro atoms. The Bertz CT molecular complexity index is 487. The van der Waals surface area contributed by atoms with Crippen LogP contribution in [0.4, 0.5) is 14.5 Å². The fraction of sp³-hybridized carbons (Fsp3) is 0.100. The number of ether oxygens (including phenoxy) is 1. The number of hydrogen-bond acceptors (Lipinski definition) is 4. The summed E-state index contributed by atoms with van der Waals surface area (Å²) in [5.74, 6) is -4.09. The van der Waals surface area contributed by atoms with Gasteiger partial charge in [0.2, 0.25) is 5.82 Å². The minimum absolute atomic E-state index is 0.250. The first-order valence-corrected chi connectivity index (χ1v) is 4.39. The van der Waals surface area contributed by atoms with Crippen molar-refractivity contribution in [2.75, 3.05) is 6.61 Å². The monoisotopic (exact) mass is 243 g/mol. The van der Waals surface area contributed by atoms with Crippen molar-refractivity contribution in [2.24, 2.45) is 0 Å². The molecule has 0 saturated heterocycles. The van der Waals surface area contributed by atoms with Gasteiger partial charge in [-0.15, -0.1) is 0 Å². The zero-order valence-electron chi connectivity index (χ0n) is 8.48. The number of hydrogen-bond donors (Lipinski definition) is 0. The molecule has 0 aliphatic carbocycles. The van der Waals surface area contributed by atoms with Gasteiger partial charge in [0, 0.05) is 6.07 Å². The summed E-state index contributed by atoms with van der Waals surface area (Å²) in [7, 11) is 0. The normalized spacial score (nSPS) is 9.76. The molecule has 1 aromatic rings. The molecule has 0 N–H and O–H groups in total. The number of esters is 1. The second-order valence-electron chi connectivity index (χ2n) is 2.90. The van der Waals surface area contributed by atoms with Gasteiger partial charge in [-0.05, 0) is 6.07 Å². The Hall–Kier alpha value is -2.31. The highest BCUT2D eigenvalue weighted by Crippen LogP contribution is 2.23. The van der Waals surface area contributed by atoms with Crippen LogP contribution in [0.3, 0.4) is 0 Å². The second-order valence-corrected chi connectivity index (χ2v) is 2.90. The number of carbonyl (C=O) groups is 1. The highest BCUT2D eigenvalue weighted by molar-refractivity contribution is 5.91. The van der Waals surface area contributed by atoms with E-state index in [0.29, 0.717) is 12.1 Å². The molecule has 7 heteroatoms. The highest BCUT2D eigenvalue weighted by atomic mass is 19.1. The zero-order valence-corrected chi connectivity index (χ0v) is 8.48. The molecule has 0 radical (unpaired) electrons. The average molecular weight is 243 g/mol. The molecule has 90 valence electrons. The van der Waals surface area contributed by atoms with Crippen molar-refractivity contribution in [3.63, 3.8) is 0 Å². The lowest BCUT2D eigenvalue weighted by atomic mass is 10.1. The van der Waals surface area contributed by atoms with Crippen molar-refractivity contribution in [1.82, 2.24) is 0 Å². The average Bonchev–Trinajstić information content (AvgIpc) is 2.25. The van der Waals surface area contributed by atoms with E-state index in [9.17, 15) is 23.7 Å². The number of nitro benzene ring substituents is 1. The molecule has 0 fully saturated rings. The van der Waals surface area contributed by atoms with Crippen LogP contribution in [0.2, 0.25) is 0 Å². The molecule has 0 heterocycles. The summed E-state index contributed by atoms with van der Waals surface area (Å²) in [6.07, 6.45) is 1.20. The Morgan fingerprint density at radius 2 is 2.18 bits per heavy atom. The standard InChI is InChI=1S/C10H7F2NO4/c1-2-5-17-10(14)8-6(11)3-4-7(9(8)12)13(15)16/h2-4H,1,5H2. The molecule has 0 saturated carbocycles. The topological polar surface area (TPSA) is 69.4 Å². The number of rotatable bonds is 4. The van der Waals surface area contributed by atoms with Gasteiger partial charge in [-0.1, -0.05) is 12.7 Å². The fourth-order valence-corrected chi connectivity index (χ4v) is 1.08. The van der Waals surface area contributed by atoms with E-state index in [0.717, 1.165) is 0 Å². The van der Waals surface area contributed by atoms with Gasteiger partial charge in [-0.25, -0.2) is 9.18 Å². The van der Waals surface area contributed by atoms with Crippen molar-refractivity contribution in [1.29, 1.82) is 0 Å². The van der Waals surface area contributed by atoms with Gasteiger partial charge < -0.3 is 4.74 Å². The molecular formula is C10H7F2NO4. The summed E-state index contributed by atoms with van der Waals surface area (Å²) in [6, 6.07) is 1.26. The van der Waals surface area contributed by atoms with Crippen LogP contribution in [-0.4, -0.2) is 17.5 Å². The SMILES string of the molecule is C=CCOC(=O)c1c(F)ccc([N+](=O)[O-])c1F. The van der Waals surface area contributed by atoms with Crippen LogP contribution in [0.5, 0.6) is 0 Å². The highest BCUT2D eigenvalue weighted by Gasteiger charge is 2.26. The van der Waals surface area contributed by atoms with Crippen LogP contribution in [0, 0.1) is 21.7 Å². The smallest absolute Gasteiger partial charge is 0.344 e. The van der Waals surface area contributed by atoms with E-state index < -0.39 is 33.8 Å². The number of benzene rings is 1. The van der Waals surface area contributed by atoms with E-state index in [1.54, 1.807) is 0 Å². The lowest BCUT2D eigenvalue weighted by Crippen LogP contribution is -2.11. The summed E-state index contributed by atoms with van der Waals surface area (Å²) < 4.78 is 31.0. The maximum atomic E-state index is 13.5. The molecule has 0 bridgehead atoms. The van der Waals surface area contributed by atoms with Crippen molar-refractivity contribution in [3.8, 4) is 0 Å². The summed E-state index contributed by atoms with van der Waals surface area (Å²) in [6.45, 7) is 2.99. The van der Waals surface area contributed by atoms with Crippen LogP contribution >= 0.6 is 0 Å². The van der Waals surface area contributed by atoms with E-state index in [1.165, 1.54) is 6.08 Å². The predicted molar refractivity (Wildman–Crippen MR) is 53.5 cm³/mol. The fourth-order valence-electron chi connectivity index (χ4n) is 1.08. The van der Waals surface area contributed by atoms with Gasteiger partial charge in [-0.2, -0.15) is 4.39 Å². The maximum absolute atomic E-state index is 13.5. The Kier molecular flexibility index (Phi) is 3.86. The molecule has 0 aliphatic heterocycles. The van der Waals surface area contributed by atoms with Crippen LogP contribution in [-0.2, 0) is 4.74 Å². The van der Waals surface area contributed by atoms with Crippen molar-refractivity contribution >= 4 is 11.7 Å². The third-order valence-corrected chi connectivity index (χ3v) is 1.80. The first-order valence-electron chi connectivity index (χ1n) is 4.39. The first kappa shape index (κ1) is 12.8. The van der Waals surface area contributed by atoms with E-state index in [1.807, 2.05) is 0 Å². The Balaban J connectivity index is 3.22. The molecule has 17 heavy (non-hydrogen) atoms. The van der Waals surface area contributed by atoms with Gasteiger partial charge in [0.25, 0.3) is 0 Å². The van der Waals surface area contributed by atoms with Crippen molar-refractivity contribution in [3.05, 3.63) is 52.1 Å². The molecular weight excluding hydrogens is 236 g/mol. The van der Waals surface area contributed by atoms with Gasteiger partial charge in [0.15, 0.2) is 0 Å². The number of nitrogens with zero attached hydrogens (tertiary/aromatic N) is 1. The predicted octanol–water partition coefficient (Wildman–Crippen LogP) is 2.22. The minimum Gasteiger partial charge on any atom is -0.458 e. The molecule has 0 aromatic heterocycles. The minimum atomic E-state index is -1.55. The second kappa shape index (κ2) is 5.15. The number of halogens is 2. The quantitative estimate of drug-likeness (QED) is 0.352. The first-order chi connectivity index (χ1) is 7.99. The third-order valence-electron chi connectivity index (χ3n) is 1.80. The van der Waals surface area contributed by atoms with Crippen molar-refractivity contribution < 1.29 is 23.2 Å². The number of nitro groups is 1. The molecule has 1 aromatic carbocycles. The Morgan fingerprint density at radius 1 is 1.53 bits per heavy atom. The third kappa shape index (κ3) is 2.63. The van der Waals surface area contributed by atoms with Crippen LogP contribution in [0.25, 0.3) is 0 Å². The van der Waals surface area contributed by atoms with Gasteiger partial charge in [-0.3, -0.25) is 10.1 Å². The molecule has 0 amide bonds. The van der Waals surface area contributed by atoms with Crippen LogP contribution < -0.4 is 0 Å². The van der Waals surface area contributed by atoms with Gasteiger partial charge >= 0.3 is 11.7 Å². The van der Waals surface area contributed by atoms with Crippen LogP contribution in [0.15, 0.2) is 24.8 Å². The Morgan fingerprint density at radius 3 is 2.71 bits per heavy atom. The molecule has 0 aliphatic rings. The summed E-state index contributed by atoms with van der Waals surface area (Å²) in [5.41, 5.74) is -2.07. The summed E-state index contributed by atoms with van der Waals surface area (Å²) >= 11 is 0. The summed E-state index contributed by atoms with van der Waals surface area (Å²) in [4.78, 5) is 20.6. The van der Waals surface area contributed by atoms with E-state index >= 15 is 0 Å². The lowest BCUT2D eigenvalue weighted by molar-refractivity contribution is -0.387. The lowest BCUT2D eigenvalue weighted by Gasteiger charge is -2.04. The maximum Gasteiger partial charge on any atom is 0.344 e. The number of carbonyl (C=O) groups excluding carboxylic acids is 1. The molecule has 1 rings (SSSR count). The summed E-state index contributed by atoms with van der Waals surface area (Å²) in [5, 5.41) is 10.4. The molecule has 0 atom stereocenters. The molecule has 0 unspecified atom stereocenters. The molecule has 5 nitrogen and oxygen atoms in total. The Labute approximate surface area is 94.5 Å². The van der Waals surface area contributed by atoms with Gasteiger partial charge in [0.05, 0.1) is 4.92 Å².